The summed E-state index contributed by atoms with van der Waals surface area (Å²) in [6, 6.07) is 17.0. The molecular formula is C29H29F2NO3. The predicted octanol–water partition coefficient (Wildman–Crippen LogP) is 4.97. The number of rotatable bonds is 7. The van der Waals surface area contributed by atoms with Gasteiger partial charge >= 0.3 is 0 Å². The first-order valence-corrected chi connectivity index (χ1v) is 11.8. The van der Waals surface area contributed by atoms with Crippen molar-refractivity contribution in [1.29, 1.82) is 0 Å². The molecule has 2 unspecified atom stereocenters. The molecule has 0 aromatic heterocycles. The Morgan fingerprint density at radius 3 is 1.86 bits per heavy atom. The number of benzene rings is 3. The number of hydrogen-bond acceptors (Lipinski definition) is 4. The van der Waals surface area contributed by atoms with Gasteiger partial charge in [0.25, 0.3) is 0 Å². The zero-order chi connectivity index (χ0) is 25.1. The Kier molecular flexibility index (Phi) is 7.53. The minimum absolute atomic E-state index is 0.129. The van der Waals surface area contributed by atoms with E-state index in [1.165, 1.54) is 36.4 Å². The van der Waals surface area contributed by atoms with Gasteiger partial charge in [-0.25, -0.2) is 8.78 Å². The largest absolute Gasteiger partial charge is 0.395 e. The van der Waals surface area contributed by atoms with Gasteiger partial charge in [0.1, 0.15) is 11.6 Å². The number of carbonyl (C=O) groups is 2. The molecule has 182 valence electrons. The fourth-order valence-electron chi connectivity index (χ4n) is 5.23. The third-order valence-electron chi connectivity index (χ3n) is 7.09. The van der Waals surface area contributed by atoms with Crippen LogP contribution in [0.15, 0.2) is 66.7 Å². The molecular weight excluding hydrogens is 448 g/mol. The van der Waals surface area contributed by atoms with Crippen molar-refractivity contribution < 1.29 is 23.5 Å². The van der Waals surface area contributed by atoms with Crippen LogP contribution in [0.2, 0.25) is 0 Å². The van der Waals surface area contributed by atoms with Crippen LogP contribution in [0.4, 0.5) is 8.78 Å². The van der Waals surface area contributed by atoms with Crippen molar-refractivity contribution in [2.75, 3.05) is 26.2 Å². The smallest absolute Gasteiger partial charge is 0.167 e. The highest BCUT2D eigenvalue weighted by molar-refractivity contribution is 6.02. The summed E-state index contributed by atoms with van der Waals surface area (Å²) in [5.74, 6) is -3.31. The fourth-order valence-corrected chi connectivity index (χ4v) is 5.23. The Bertz CT molecular complexity index is 1170. The van der Waals surface area contributed by atoms with E-state index in [1.807, 2.05) is 36.9 Å². The maximum absolute atomic E-state index is 14.0. The number of piperidine rings is 1. The summed E-state index contributed by atoms with van der Waals surface area (Å²) in [6.07, 6.45) is 0. The van der Waals surface area contributed by atoms with E-state index in [-0.39, 0.29) is 29.3 Å². The van der Waals surface area contributed by atoms with Gasteiger partial charge in [0.05, 0.1) is 6.61 Å². The predicted molar refractivity (Wildman–Crippen MR) is 131 cm³/mol. The molecule has 0 aliphatic carbocycles. The average molecular weight is 478 g/mol. The molecule has 1 N–H and O–H groups in total. The van der Waals surface area contributed by atoms with Crippen molar-refractivity contribution >= 4 is 11.6 Å². The highest BCUT2D eigenvalue weighted by atomic mass is 19.1. The van der Waals surface area contributed by atoms with E-state index in [1.54, 1.807) is 12.1 Å². The molecule has 3 aromatic carbocycles. The topological polar surface area (TPSA) is 57.6 Å². The number of likely N-dealkylation sites (tertiary alicyclic amines) is 1. The molecule has 0 amide bonds. The molecule has 1 saturated heterocycles. The molecule has 0 radical (unpaired) electrons. The van der Waals surface area contributed by atoms with Gasteiger partial charge in [0.15, 0.2) is 11.6 Å². The van der Waals surface area contributed by atoms with Gasteiger partial charge in [-0.1, -0.05) is 42.5 Å². The lowest BCUT2D eigenvalue weighted by Crippen LogP contribution is -2.51. The number of halogens is 2. The Labute approximate surface area is 204 Å². The minimum Gasteiger partial charge on any atom is -0.395 e. The molecule has 35 heavy (non-hydrogen) atoms. The normalized spacial score (nSPS) is 20.5. The van der Waals surface area contributed by atoms with Gasteiger partial charge in [-0.05, 0) is 54.8 Å². The summed E-state index contributed by atoms with van der Waals surface area (Å²) in [4.78, 5) is 29.5. The zero-order valence-corrected chi connectivity index (χ0v) is 19.9. The third kappa shape index (κ3) is 5.24. The quantitative estimate of drug-likeness (QED) is 0.488. The molecule has 3 aromatic rings. The van der Waals surface area contributed by atoms with Crippen LogP contribution in [0.3, 0.4) is 0 Å². The maximum Gasteiger partial charge on any atom is 0.167 e. The van der Waals surface area contributed by atoms with E-state index in [9.17, 15) is 23.5 Å². The number of aliphatic hydroxyl groups excluding tert-OH is 1. The van der Waals surface area contributed by atoms with Crippen molar-refractivity contribution in [2.45, 2.75) is 19.8 Å². The average Bonchev–Trinajstić information content (AvgIpc) is 2.85. The molecule has 0 spiro atoms. The van der Waals surface area contributed by atoms with E-state index in [0.29, 0.717) is 19.6 Å². The summed E-state index contributed by atoms with van der Waals surface area (Å²) < 4.78 is 28.0. The number of carbonyl (C=O) groups excluding carboxylic acids is 2. The summed E-state index contributed by atoms with van der Waals surface area (Å²) >= 11 is 0. The first-order chi connectivity index (χ1) is 16.8. The Hall–Kier alpha value is -3.22. The van der Waals surface area contributed by atoms with Gasteiger partial charge in [-0.2, -0.15) is 0 Å². The number of aryl methyl sites for hydroxylation is 1. The monoisotopic (exact) mass is 477 g/mol. The first-order valence-electron chi connectivity index (χ1n) is 11.8. The van der Waals surface area contributed by atoms with Crippen LogP contribution in [-0.2, 0) is 0 Å². The third-order valence-corrected chi connectivity index (χ3v) is 7.09. The van der Waals surface area contributed by atoms with Crippen molar-refractivity contribution in [1.82, 2.24) is 4.90 Å². The highest BCUT2D eigenvalue weighted by Crippen LogP contribution is 2.42. The van der Waals surface area contributed by atoms with Crippen LogP contribution < -0.4 is 0 Å². The lowest BCUT2D eigenvalue weighted by molar-refractivity contribution is 0.0529. The van der Waals surface area contributed by atoms with Gasteiger partial charge in [-0.3, -0.25) is 14.5 Å². The second-order valence-electron chi connectivity index (χ2n) is 9.26. The van der Waals surface area contributed by atoms with Gasteiger partial charge in [0, 0.05) is 48.5 Å². The van der Waals surface area contributed by atoms with Gasteiger partial charge < -0.3 is 5.11 Å². The molecule has 4 nitrogen and oxygen atoms in total. The summed E-state index contributed by atoms with van der Waals surface area (Å²) in [5.41, 5.74) is 3.40. The number of hydrogen-bond donors (Lipinski definition) is 1. The fraction of sp³-hybridized carbons (Fsp3) is 0.310. The van der Waals surface area contributed by atoms with Crippen LogP contribution in [0.1, 0.15) is 43.3 Å². The number of aliphatic hydroxyl groups is 1. The molecule has 2 atom stereocenters. The summed E-state index contributed by atoms with van der Waals surface area (Å²) in [5, 5.41) is 9.63. The highest BCUT2D eigenvalue weighted by Gasteiger charge is 2.45. The van der Waals surface area contributed by atoms with Crippen LogP contribution in [0.5, 0.6) is 0 Å². The van der Waals surface area contributed by atoms with Crippen molar-refractivity contribution in [2.24, 2.45) is 11.8 Å². The van der Waals surface area contributed by atoms with Crippen molar-refractivity contribution in [3.05, 3.63) is 106 Å². The number of ketones is 2. The Balaban J connectivity index is 1.86. The zero-order valence-electron chi connectivity index (χ0n) is 19.9. The molecule has 4 rings (SSSR count). The van der Waals surface area contributed by atoms with Crippen LogP contribution in [-0.4, -0.2) is 47.8 Å². The molecule has 1 aliphatic rings. The first kappa shape index (κ1) is 24.9. The molecule has 6 heteroatoms. The number of β-amino-alcohol motifs (C(OH)–C–C–N with tert-alkyl or cyclic N) is 1. The second-order valence-corrected chi connectivity index (χ2v) is 9.26. The van der Waals surface area contributed by atoms with E-state index in [0.717, 1.165) is 16.7 Å². The molecule has 1 aliphatic heterocycles. The van der Waals surface area contributed by atoms with Gasteiger partial charge in [-0.15, -0.1) is 0 Å². The lowest BCUT2D eigenvalue weighted by Gasteiger charge is -2.43. The number of Topliss-reactive ketones (excluding diaryl/α,β-unsaturated/α-hetero) is 2. The maximum atomic E-state index is 14.0. The Morgan fingerprint density at radius 2 is 1.37 bits per heavy atom. The van der Waals surface area contributed by atoms with Crippen LogP contribution in [0, 0.1) is 37.3 Å². The van der Waals surface area contributed by atoms with E-state index < -0.39 is 29.4 Å². The number of nitrogens with zero attached hydrogens (tertiary/aromatic N) is 1. The van der Waals surface area contributed by atoms with Gasteiger partial charge in [0.2, 0.25) is 0 Å². The Morgan fingerprint density at radius 1 is 0.857 bits per heavy atom. The second kappa shape index (κ2) is 10.6. The molecule has 0 bridgehead atoms. The minimum atomic E-state index is -0.653. The van der Waals surface area contributed by atoms with E-state index in [2.05, 4.69) is 0 Å². The SMILES string of the molecule is Cc1cccc(C2C(C(=O)c3cccc(F)c3)CN(CCO)CC2C(=O)c2cccc(F)c2)c1C. The standard InChI is InChI=1S/C29H29F2NO3/c1-18-6-3-11-24(19(18)2)27-25(28(34)20-7-4-9-22(30)14-20)16-32(12-13-33)17-26(27)29(35)21-8-5-10-23(31)15-21/h3-11,14-15,25-27,33H,12-13,16-17H2,1-2H3. The van der Waals surface area contributed by atoms with Crippen molar-refractivity contribution in [3.63, 3.8) is 0 Å². The summed E-state index contributed by atoms with van der Waals surface area (Å²) in [7, 11) is 0. The van der Waals surface area contributed by atoms with E-state index in [4.69, 9.17) is 0 Å². The van der Waals surface area contributed by atoms with Crippen LogP contribution >= 0.6 is 0 Å². The van der Waals surface area contributed by atoms with Crippen molar-refractivity contribution in [3.8, 4) is 0 Å². The lowest BCUT2D eigenvalue weighted by atomic mass is 9.67. The molecule has 0 saturated carbocycles. The summed E-state index contributed by atoms with van der Waals surface area (Å²) in [6.45, 7) is 4.75. The van der Waals surface area contributed by atoms with E-state index >= 15 is 0 Å². The molecule has 1 fully saturated rings. The van der Waals surface area contributed by atoms with Crippen LogP contribution in [0.25, 0.3) is 0 Å². The molecule has 1 heterocycles.